The molecule has 0 aromatic carbocycles. The number of hydrogen-bond donors (Lipinski definition) is 0. The normalized spacial score (nSPS) is 18.0. The zero-order chi connectivity index (χ0) is 6.57. The van der Waals surface area contributed by atoms with Gasteiger partial charge in [0.15, 0.2) is 0 Å². The molecule has 0 heterocycles. The molecular weight excluding hydrogens is 232 g/mol. The summed E-state index contributed by atoms with van der Waals surface area (Å²) >= 11 is 6.92. The molecule has 0 aromatic rings. The molecule has 2 atom stereocenters. The maximum atomic E-state index is 3.49. The summed E-state index contributed by atoms with van der Waals surface area (Å²) < 4.78 is 0. The Kier molecular flexibility index (Phi) is 5.38. The minimum atomic E-state index is 0.662. The molecule has 0 N–H and O–H groups in total. The van der Waals surface area contributed by atoms with Crippen LogP contribution in [-0.4, -0.2) is 10.2 Å². The Hall–Kier alpha value is 0.960. The Labute approximate surface area is 68.3 Å². The van der Waals surface area contributed by atoms with Crippen molar-refractivity contribution in [3.05, 3.63) is 0 Å². The van der Waals surface area contributed by atoms with Gasteiger partial charge in [0.25, 0.3) is 0 Å². The summed E-state index contributed by atoms with van der Waals surface area (Å²) in [5.74, 6) is 0.796. The van der Waals surface area contributed by atoms with Crippen LogP contribution < -0.4 is 0 Å². The summed E-state index contributed by atoms with van der Waals surface area (Å²) in [4.78, 5) is 0.662. The molecule has 0 aliphatic rings. The molecule has 0 nitrogen and oxygen atoms in total. The van der Waals surface area contributed by atoms with E-state index in [1.807, 2.05) is 0 Å². The van der Waals surface area contributed by atoms with Crippen molar-refractivity contribution < 1.29 is 0 Å². The largest absolute Gasteiger partial charge is 0.0925 e. The smallest absolute Gasteiger partial charge is 0.0120 e. The van der Waals surface area contributed by atoms with Crippen LogP contribution in [0.5, 0.6) is 0 Å². The van der Waals surface area contributed by atoms with Crippen molar-refractivity contribution in [3.63, 3.8) is 0 Å². The molecule has 2 unspecified atom stereocenters. The molecule has 50 valence electrons. The third kappa shape index (κ3) is 5.10. The summed E-state index contributed by atoms with van der Waals surface area (Å²) in [6.45, 7) is 4.42. The van der Waals surface area contributed by atoms with Gasteiger partial charge in [0.1, 0.15) is 0 Å². The monoisotopic (exact) mass is 242 g/mol. The summed E-state index contributed by atoms with van der Waals surface area (Å²) in [6, 6.07) is 0. The van der Waals surface area contributed by atoms with Gasteiger partial charge >= 0.3 is 0 Å². The molecule has 8 heavy (non-hydrogen) atoms. The first-order chi connectivity index (χ1) is 3.66. The molecule has 0 rings (SSSR count). The molecule has 2 heteroatoms. The average Bonchev–Trinajstić information content (AvgIpc) is 1.65. The fraction of sp³-hybridized carbons (Fsp3) is 1.00. The zero-order valence-corrected chi connectivity index (χ0v) is 8.50. The highest BCUT2D eigenvalue weighted by atomic mass is 79.9. The van der Waals surface area contributed by atoms with Crippen LogP contribution in [0.3, 0.4) is 0 Å². The van der Waals surface area contributed by atoms with E-state index in [0.717, 1.165) is 11.2 Å². The predicted molar refractivity (Wildman–Crippen MR) is 46.0 cm³/mol. The molecule has 0 spiro atoms. The Balaban J connectivity index is 3.10. The van der Waals surface area contributed by atoms with Gasteiger partial charge in [0.05, 0.1) is 0 Å². The van der Waals surface area contributed by atoms with Crippen molar-refractivity contribution in [3.8, 4) is 0 Å². The SMILES string of the molecule is CC(Br)CC(C)CBr. The topological polar surface area (TPSA) is 0 Å². The molecule has 0 saturated carbocycles. The number of alkyl halides is 2. The standard InChI is InChI=1S/C6H12Br2/c1-5(4-7)3-6(2)8/h5-6H,3-4H2,1-2H3. The van der Waals surface area contributed by atoms with Gasteiger partial charge in [-0.25, -0.2) is 0 Å². The van der Waals surface area contributed by atoms with Crippen molar-refractivity contribution in [2.24, 2.45) is 5.92 Å². The van der Waals surface area contributed by atoms with E-state index in [9.17, 15) is 0 Å². The van der Waals surface area contributed by atoms with Crippen LogP contribution in [0.15, 0.2) is 0 Å². The molecular formula is C6H12Br2. The lowest BCUT2D eigenvalue weighted by molar-refractivity contribution is 0.602. The third-order valence-corrected chi connectivity index (χ3v) is 2.47. The summed E-state index contributed by atoms with van der Waals surface area (Å²) in [5, 5.41) is 1.11. The minimum Gasteiger partial charge on any atom is -0.0925 e. The van der Waals surface area contributed by atoms with E-state index in [2.05, 4.69) is 45.7 Å². The number of rotatable bonds is 3. The lowest BCUT2D eigenvalue weighted by Gasteiger charge is -2.07. The van der Waals surface area contributed by atoms with Crippen LogP contribution >= 0.6 is 31.9 Å². The van der Waals surface area contributed by atoms with Gasteiger partial charge < -0.3 is 0 Å². The van der Waals surface area contributed by atoms with Gasteiger partial charge in [0, 0.05) is 10.2 Å². The summed E-state index contributed by atoms with van der Waals surface area (Å²) in [5.41, 5.74) is 0. The lowest BCUT2D eigenvalue weighted by atomic mass is 10.1. The van der Waals surface area contributed by atoms with Gasteiger partial charge in [-0.2, -0.15) is 0 Å². The van der Waals surface area contributed by atoms with Crippen molar-refractivity contribution >= 4 is 31.9 Å². The second-order valence-corrected chi connectivity index (χ2v) is 4.49. The van der Waals surface area contributed by atoms with Crippen molar-refractivity contribution in [2.75, 3.05) is 5.33 Å². The van der Waals surface area contributed by atoms with Crippen molar-refractivity contribution in [2.45, 2.75) is 25.1 Å². The molecule has 0 saturated heterocycles. The second kappa shape index (κ2) is 4.80. The molecule has 0 bridgehead atoms. The quantitative estimate of drug-likeness (QED) is 0.668. The van der Waals surface area contributed by atoms with E-state index < -0.39 is 0 Å². The van der Waals surface area contributed by atoms with Gasteiger partial charge in [-0.15, -0.1) is 0 Å². The average molecular weight is 244 g/mol. The Morgan fingerprint density at radius 2 is 1.88 bits per heavy atom. The molecule has 0 aliphatic carbocycles. The van der Waals surface area contributed by atoms with Crippen LogP contribution in [0.1, 0.15) is 20.3 Å². The molecule has 0 fully saturated rings. The van der Waals surface area contributed by atoms with Gasteiger partial charge in [-0.3, -0.25) is 0 Å². The molecule has 0 radical (unpaired) electrons. The first-order valence-electron chi connectivity index (χ1n) is 2.86. The number of hydrogen-bond acceptors (Lipinski definition) is 0. The van der Waals surface area contributed by atoms with Gasteiger partial charge in [-0.1, -0.05) is 45.7 Å². The van der Waals surface area contributed by atoms with Crippen LogP contribution in [0, 0.1) is 5.92 Å². The predicted octanol–water partition coefficient (Wildman–Crippen LogP) is 3.19. The maximum absolute atomic E-state index is 3.49. The molecule has 0 aliphatic heterocycles. The first kappa shape index (κ1) is 8.96. The van der Waals surface area contributed by atoms with Crippen LogP contribution in [0.2, 0.25) is 0 Å². The van der Waals surface area contributed by atoms with Crippen LogP contribution in [0.25, 0.3) is 0 Å². The van der Waals surface area contributed by atoms with Crippen LogP contribution in [-0.2, 0) is 0 Å². The van der Waals surface area contributed by atoms with E-state index in [4.69, 9.17) is 0 Å². The third-order valence-electron chi connectivity index (χ3n) is 0.991. The van der Waals surface area contributed by atoms with E-state index in [1.54, 1.807) is 0 Å². The summed E-state index contributed by atoms with van der Waals surface area (Å²) in [7, 11) is 0. The van der Waals surface area contributed by atoms with E-state index in [-0.39, 0.29) is 0 Å². The lowest BCUT2D eigenvalue weighted by Crippen LogP contribution is -2.01. The molecule has 0 aromatic heterocycles. The fourth-order valence-corrected chi connectivity index (χ4v) is 1.52. The minimum absolute atomic E-state index is 0.662. The van der Waals surface area contributed by atoms with E-state index in [1.165, 1.54) is 6.42 Å². The number of halogens is 2. The second-order valence-electron chi connectivity index (χ2n) is 2.28. The maximum Gasteiger partial charge on any atom is 0.0120 e. The van der Waals surface area contributed by atoms with E-state index >= 15 is 0 Å². The van der Waals surface area contributed by atoms with Gasteiger partial charge in [0.2, 0.25) is 0 Å². The zero-order valence-electron chi connectivity index (χ0n) is 5.32. The highest BCUT2D eigenvalue weighted by Gasteiger charge is 2.02. The van der Waals surface area contributed by atoms with Crippen LogP contribution in [0.4, 0.5) is 0 Å². The molecule has 0 amide bonds. The highest BCUT2D eigenvalue weighted by molar-refractivity contribution is 9.09. The first-order valence-corrected chi connectivity index (χ1v) is 4.90. The van der Waals surface area contributed by atoms with Crippen molar-refractivity contribution in [1.82, 2.24) is 0 Å². The van der Waals surface area contributed by atoms with Gasteiger partial charge in [-0.05, 0) is 12.3 Å². The fourth-order valence-electron chi connectivity index (χ4n) is 0.617. The van der Waals surface area contributed by atoms with E-state index in [0.29, 0.717) is 4.83 Å². The highest BCUT2D eigenvalue weighted by Crippen LogP contribution is 2.13. The Morgan fingerprint density at radius 1 is 1.38 bits per heavy atom. The summed E-state index contributed by atoms with van der Waals surface area (Å²) in [6.07, 6.45) is 1.26. The Bertz CT molecular complexity index is 52.5. The van der Waals surface area contributed by atoms with Crippen molar-refractivity contribution in [1.29, 1.82) is 0 Å². The Morgan fingerprint density at radius 3 is 2.00 bits per heavy atom.